The van der Waals surface area contributed by atoms with Crippen LogP contribution in [0.25, 0.3) is 10.8 Å². The normalized spacial score (nSPS) is 13.0. The molecule has 0 aliphatic carbocycles. The summed E-state index contributed by atoms with van der Waals surface area (Å²) in [7, 11) is -3.73. The Kier molecular flexibility index (Phi) is 10.1. The fraction of sp³-hybridized carbons (Fsp3) is 0.389. The Morgan fingerprint density at radius 3 is 1.90 bits per heavy atom. The zero-order valence-corrected chi connectivity index (χ0v) is 26.5. The molecule has 4 nitrogen and oxygen atoms in total. The van der Waals surface area contributed by atoms with Gasteiger partial charge in [-0.25, -0.2) is 13.1 Å². The molecule has 0 heterocycles. The van der Waals surface area contributed by atoms with Crippen molar-refractivity contribution in [3.05, 3.63) is 112 Å². The average Bonchev–Trinajstić information content (AvgIpc) is 2.91. The minimum Gasteiger partial charge on any atom is -0.319 e. The number of fused-ring (bicyclic) bond motifs is 1. The highest BCUT2D eigenvalue weighted by molar-refractivity contribution is 7.89. The Bertz CT molecular complexity index is 1540. The second kappa shape index (κ2) is 13.3. The third-order valence-corrected chi connectivity index (χ3v) is 9.99. The predicted octanol–water partition coefficient (Wildman–Crippen LogP) is 7.80. The van der Waals surface area contributed by atoms with E-state index in [2.05, 4.69) is 82.7 Å². The number of hydrogen-bond donors (Lipinski definition) is 1. The van der Waals surface area contributed by atoms with E-state index >= 15 is 0 Å². The monoisotopic (exact) mass is 571 g/mol. The topological polar surface area (TPSA) is 46.2 Å². The molecule has 0 fully saturated rings. The lowest BCUT2D eigenvalue weighted by atomic mass is 10.00. The van der Waals surface area contributed by atoms with Crippen LogP contribution in [0.5, 0.6) is 0 Å². The van der Waals surface area contributed by atoms with Crippen molar-refractivity contribution < 1.29 is 12.9 Å². The largest absolute Gasteiger partial charge is 0.319 e. The molecule has 0 saturated carbocycles. The van der Waals surface area contributed by atoms with Gasteiger partial charge in [0.2, 0.25) is 10.0 Å². The number of aryl methyl sites for hydroxylation is 5. The quantitative estimate of drug-likeness (QED) is 0.166. The van der Waals surface area contributed by atoms with E-state index in [1.165, 1.54) is 33.4 Å². The number of nitrogens with one attached hydrogen (secondary N) is 1. The van der Waals surface area contributed by atoms with Gasteiger partial charge in [0, 0.05) is 10.9 Å². The zero-order valence-electron chi connectivity index (χ0n) is 25.7. The minimum atomic E-state index is -3.73. The van der Waals surface area contributed by atoms with Crippen LogP contribution in [0.1, 0.15) is 60.1 Å². The first-order valence-electron chi connectivity index (χ1n) is 15.0. The van der Waals surface area contributed by atoms with Crippen molar-refractivity contribution in [2.45, 2.75) is 78.3 Å². The maximum Gasteiger partial charge on any atom is 0.241 e. The second-order valence-corrected chi connectivity index (χ2v) is 13.7. The summed E-state index contributed by atoms with van der Waals surface area (Å²) in [6.07, 6.45) is 2.64. The first kappa shape index (κ1) is 31.0. The van der Waals surface area contributed by atoms with Crippen LogP contribution in [0.15, 0.2) is 83.8 Å². The maximum absolute atomic E-state index is 14.0. The Morgan fingerprint density at radius 2 is 1.29 bits per heavy atom. The Labute approximate surface area is 248 Å². The van der Waals surface area contributed by atoms with Gasteiger partial charge in [-0.2, -0.15) is 0 Å². The van der Waals surface area contributed by atoms with Gasteiger partial charge in [0.15, 0.2) is 0 Å². The molecule has 0 aliphatic rings. The number of quaternary nitrogens is 1. The molecule has 1 unspecified atom stereocenters. The zero-order chi connectivity index (χ0) is 29.6. The van der Waals surface area contributed by atoms with Crippen molar-refractivity contribution >= 4 is 20.8 Å². The lowest BCUT2D eigenvalue weighted by molar-refractivity contribution is -0.938. The summed E-state index contributed by atoms with van der Waals surface area (Å²) in [6.45, 7) is 16.6. The summed E-state index contributed by atoms with van der Waals surface area (Å²) in [5, 5.41) is 1.70. The van der Waals surface area contributed by atoms with Gasteiger partial charge in [0.25, 0.3) is 0 Å². The number of sulfonamides is 1. The third-order valence-electron chi connectivity index (χ3n) is 8.41. The van der Waals surface area contributed by atoms with Crippen molar-refractivity contribution in [3.63, 3.8) is 0 Å². The van der Waals surface area contributed by atoms with E-state index < -0.39 is 10.0 Å². The first-order valence-corrected chi connectivity index (χ1v) is 16.5. The van der Waals surface area contributed by atoms with Crippen LogP contribution in [0.4, 0.5) is 0 Å². The molecular weight excluding hydrogens is 524 g/mol. The summed E-state index contributed by atoms with van der Waals surface area (Å²) < 4.78 is 32.0. The predicted molar refractivity (Wildman–Crippen MR) is 173 cm³/mol. The lowest BCUT2D eigenvalue weighted by Crippen LogP contribution is -2.55. The Morgan fingerprint density at radius 1 is 0.732 bits per heavy atom. The standard InChI is InChI=1S/C36H47N2O2S/c1-7-38(8-2,25-32-23-29(5)20-30(6)24-32)26-34(16-11-13-31-21-27(3)19-28(4)22-31)37-41(39,40)36-18-12-15-33-14-9-10-17-35(33)36/h9-10,12,14-15,17-24,34,37H,7-8,11,13,16,25-26H2,1-6H3/q+1. The van der Waals surface area contributed by atoms with E-state index in [1.807, 2.05) is 36.4 Å². The SMILES string of the molecule is CC[N+](CC)(Cc1cc(C)cc(C)c1)CC(CCCc1cc(C)cc(C)c1)NS(=O)(=O)c1cccc2ccccc12. The molecule has 5 heteroatoms. The van der Waals surface area contributed by atoms with Gasteiger partial charge >= 0.3 is 0 Å². The van der Waals surface area contributed by atoms with E-state index in [9.17, 15) is 8.42 Å². The smallest absolute Gasteiger partial charge is 0.241 e. The lowest BCUT2D eigenvalue weighted by Gasteiger charge is -2.40. The molecule has 218 valence electrons. The van der Waals surface area contributed by atoms with Crippen LogP contribution in [0.3, 0.4) is 0 Å². The van der Waals surface area contributed by atoms with E-state index in [4.69, 9.17) is 0 Å². The van der Waals surface area contributed by atoms with E-state index in [-0.39, 0.29) is 6.04 Å². The highest BCUT2D eigenvalue weighted by Gasteiger charge is 2.31. The van der Waals surface area contributed by atoms with Crippen LogP contribution in [0, 0.1) is 27.7 Å². The molecule has 0 amide bonds. The van der Waals surface area contributed by atoms with Crippen molar-refractivity contribution in [1.29, 1.82) is 0 Å². The average molecular weight is 572 g/mol. The van der Waals surface area contributed by atoms with E-state index in [1.54, 1.807) is 6.07 Å². The molecule has 4 aromatic rings. The maximum atomic E-state index is 14.0. The molecule has 0 aliphatic heterocycles. The number of rotatable bonds is 13. The van der Waals surface area contributed by atoms with Crippen LogP contribution in [-0.2, 0) is 23.0 Å². The number of likely N-dealkylation sites (N-methyl/N-ethyl adjacent to an activating group) is 1. The van der Waals surface area contributed by atoms with Crippen molar-refractivity contribution in [1.82, 2.24) is 4.72 Å². The summed E-state index contributed by atoms with van der Waals surface area (Å²) in [5.41, 5.74) is 7.72. The Hall–Kier alpha value is -2.99. The van der Waals surface area contributed by atoms with E-state index in [0.717, 1.165) is 60.7 Å². The van der Waals surface area contributed by atoms with Crippen molar-refractivity contribution in [3.8, 4) is 0 Å². The highest BCUT2D eigenvalue weighted by Crippen LogP contribution is 2.25. The molecule has 0 saturated heterocycles. The van der Waals surface area contributed by atoms with Gasteiger partial charge in [0.05, 0.1) is 30.6 Å². The van der Waals surface area contributed by atoms with Gasteiger partial charge in [-0.05, 0) is 77.8 Å². The number of nitrogens with zero attached hydrogens (tertiary/aromatic N) is 1. The number of hydrogen-bond acceptors (Lipinski definition) is 2. The van der Waals surface area contributed by atoms with E-state index in [0.29, 0.717) is 4.90 Å². The van der Waals surface area contributed by atoms with Gasteiger partial charge in [-0.3, -0.25) is 0 Å². The summed E-state index contributed by atoms with van der Waals surface area (Å²) in [6, 6.07) is 26.5. The molecule has 0 bridgehead atoms. The number of benzene rings is 4. The molecule has 4 rings (SSSR count). The van der Waals surface area contributed by atoms with Crippen LogP contribution in [-0.4, -0.2) is 38.6 Å². The molecule has 4 aromatic carbocycles. The Balaban J connectivity index is 1.63. The van der Waals surface area contributed by atoms with Gasteiger partial charge in [-0.1, -0.05) is 95.1 Å². The summed E-state index contributed by atoms with van der Waals surface area (Å²) >= 11 is 0. The van der Waals surface area contributed by atoms with Gasteiger partial charge in [-0.15, -0.1) is 0 Å². The molecule has 41 heavy (non-hydrogen) atoms. The molecule has 1 atom stereocenters. The molecule has 0 aromatic heterocycles. The molecule has 0 spiro atoms. The minimum absolute atomic E-state index is 0.185. The summed E-state index contributed by atoms with van der Waals surface area (Å²) in [5.74, 6) is 0. The summed E-state index contributed by atoms with van der Waals surface area (Å²) in [4.78, 5) is 0.357. The van der Waals surface area contributed by atoms with Crippen molar-refractivity contribution in [2.24, 2.45) is 0 Å². The molecule has 0 radical (unpaired) electrons. The first-order chi connectivity index (χ1) is 19.5. The molecule has 1 N–H and O–H groups in total. The fourth-order valence-corrected chi connectivity index (χ4v) is 7.94. The van der Waals surface area contributed by atoms with Gasteiger partial charge < -0.3 is 4.48 Å². The van der Waals surface area contributed by atoms with Crippen molar-refractivity contribution in [2.75, 3.05) is 19.6 Å². The third kappa shape index (κ3) is 8.06. The fourth-order valence-electron chi connectivity index (χ4n) is 6.45. The molecular formula is C36H47N2O2S+. The second-order valence-electron chi connectivity index (χ2n) is 12.0. The highest BCUT2D eigenvalue weighted by atomic mass is 32.2. The van der Waals surface area contributed by atoms with Gasteiger partial charge in [0.1, 0.15) is 6.54 Å². The van der Waals surface area contributed by atoms with Crippen LogP contribution in [0.2, 0.25) is 0 Å². The van der Waals surface area contributed by atoms with Crippen LogP contribution >= 0.6 is 0 Å². The van der Waals surface area contributed by atoms with Crippen LogP contribution < -0.4 is 4.72 Å².